The van der Waals surface area contributed by atoms with Crippen molar-refractivity contribution in [1.29, 1.82) is 0 Å². The van der Waals surface area contributed by atoms with Crippen LogP contribution in [0.15, 0.2) is 23.2 Å². The molecule has 1 amide bonds. The maximum absolute atomic E-state index is 11.9. The molecule has 0 fully saturated rings. The van der Waals surface area contributed by atoms with Crippen molar-refractivity contribution in [3.63, 3.8) is 0 Å². The van der Waals surface area contributed by atoms with Crippen molar-refractivity contribution in [1.82, 2.24) is 15.5 Å². The van der Waals surface area contributed by atoms with Gasteiger partial charge in [0.2, 0.25) is 5.91 Å². The van der Waals surface area contributed by atoms with Crippen LogP contribution in [-0.2, 0) is 11.3 Å². The summed E-state index contributed by atoms with van der Waals surface area (Å²) in [6.07, 6.45) is 0. The van der Waals surface area contributed by atoms with Crippen LogP contribution < -0.4 is 20.1 Å². The summed E-state index contributed by atoms with van der Waals surface area (Å²) in [5.41, 5.74) is 0.475. The molecule has 0 atom stereocenters. The van der Waals surface area contributed by atoms with Gasteiger partial charge in [-0.05, 0) is 26.0 Å². The van der Waals surface area contributed by atoms with Gasteiger partial charge in [-0.1, -0.05) is 0 Å². The minimum Gasteiger partial charge on any atom is -0.497 e. The van der Waals surface area contributed by atoms with Gasteiger partial charge in [0.05, 0.1) is 19.6 Å². The van der Waals surface area contributed by atoms with E-state index in [4.69, 9.17) is 9.47 Å². The first-order chi connectivity index (χ1) is 11.8. The monoisotopic (exact) mass is 350 g/mol. The Hall–Kier alpha value is -2.44. The molecular formula is C18H30N4O3. The van der Waals surface area contributed by atoms with E-state index < -0.39 is 5.41 Å². The van der Waals surface area contributed by atoms with Gasteiger partial charge >= 0.3 is 0 Å². The van der Waals surface area contributed by atoms with Crippen molar-refractivity contribution in [3.05, 3.63) is 23.8 Å². The van der Waals surface area contributed by atoms with Crippen LogP contribution in [-0.4, -0.2) is 58.7 Å². The number of aliphatic imine (C=N–C) groups is 1. The molecule has 1 aromatic rings. The normalized spacial score (nSPS) is 11.7. The highest BCUT2D eigenvalue weighted by Crippen LogP contribution is 2.25. The average Bonchev–Trinajstić information content (AvgIpc) is 2.61. The second-order valence-electron chi connectivity index (χ2n) is 6.40. The molecule has 0 aliphatic heterocycles. The molecule has 25 heavy (non-hydrogen) atoms. The molecule has 0 saturated carbocycles. The topological polar surface area (TPSA) is 75.2 Å². The Labute approximate surface area is 150 Å². The van der Waals surface area contributed by atoms with Gasteiger partial charge in [0.15, 0.2) is 5.96 Å². The summed E-state index contributed by atoms with van der Waals surface area (Å²) in [4.78, 5) is 18.2. The highest BCUT2D eigenvalue weighted by Gasteiger charge is 2.27. The zero-order chi connectivity index (χ0) is 19.0. The van der Waals surface area contributed by atoms with Gasteiger partial charge in [0, 0.05) is 45.9 Å². The summed E-state index contributed by atoms with van der Waals surface area (Å²) < 4.78 is 10.7. The summed E-state index contributed by atoms with van der Waals surface area (Å²) >= 11 is 0. The second-order valence-corrected chi connectivity index (χ2v) is 6.40. The smallest absolute Gasteiger partial charge is 0.227 e. The van der Waals surface area contributed by atoms with Crippen LogP contribution >= 0.6 is 0 Å². The van der Waals surface area contributed by atoms with Crippen molar-refractivity contribution < 1.29 is 14.3 Å². The number of ether oxygens (including phenoxy) is 2. The molecule has 0 radical (unpaired) electrons. The Morgan fingerprint density at radius 1 is 1.28 bits per heavy atom. The number of carbonyl (C=O) groups excluding carboxylic acids is 1. The molecule has 7 heteroatoms. The van der Waals surface area contributed by atoms with E-state index in [-0.39, 0.29) is 5.91 Å². The lowest BCUT2D eigenvalue weighted by molar-refractivity contribution is -0.128. The Balaban J connectivity index is 2.81. The summed E-state index contributed by atoms with van der Waals surface area (Å²) in [6, 6.07) is 5.72. The van der Waals surface area contributed by atoms with E-state index >= 15 is 0 Å². The van der Waals surface area contributed by atoms with Crippen LogP contribution in [0, 0.1) is 5.41 Å². The highest BCUT2D eigenvalue weighted by atomic mass is 16.5. The van der Waals surface area contributed by atoms with Crippen LogP contribution in [0.4, 0.5) is 0 Å². The fraction of sp³-hybridized carbons (Fsp3) is 0.556. The summed E-state index contributed by atoms with van der Waals surface area (Å²) in [7, 11) is 8.56. The lowest BCUT2D eigenvalue weighted by Crippen LogP contribution is -2.47. The van der Waals surface area contributed by atoms with Crippen molar-refractivity contribution in [2.75, 3.05) is 41.9 Å². The molecule has 140 valence electrons. The fourth-order valence-corrected chi connectivity index (χ4v) is 2.42. The van der Waals surface area contributed by atoms with Crippen LogP contribution in [0.1, 0.15) is 19.4 Å². The number of nitrogens with one attached hydrogen (secondary N) is 2. The highest BCUT2D eigenvalue weighted by molar-refractivity contribution is 5.84. The maximum Gasteiger partial charge on any atom is 0.227 e. The molecule has 2 N–H and O–H groups in total. The number of nitrogens with zero attached hydrogens (tertiary/aromatic N) is 2. The zero-order valence-electron chi connectivity index (χ0n) is 16.3. The lowest BCUT2D eigenvalue weighted by atomic mass is 9.92. The average molecular weight is 350 g/mol. The SMILES string of the molecule is CN=C(NCC(C)(C)C(=O)NC)N(C)Cc1ccc(OC)cc1OC. The van der Waals surface area contributed by atoms with E-state index in [9.17, 15) is 4.79 Å². The fourth-order valence-electron chi connectivity index (χ4n) is 2.42. The molecule has 0 saturated heterocycles. The number of methoxy groups -OCH3 is 2. The predicted octanol–water partition coefficient (Wildman–Crippen LogP) is 1.48. The van der Waals surface area contributed by atoms with E-state index in [1.54, 1.807) is 28.3 Å². The Morgan fingerprint density at radius 2 is 1.96 bits per heavy atom. The minimum absolute atomic E-state index is 0.0186. The van der Waals surface area contributed by atoms with Crippen LogP contribution in [0.5, 0.6) is 11.5 Å². The van der Waals surface area contributed by atoms with Crippen LogP contribution in [0.2, 0.25) is 0 Å². The first-order valence-corrected chi connectivity index (χ1v) is 8.14. The summed E-state index contributed by atoms with van der Waals surface area (Å²) in [5, 5.41) is 5.94. The molecule has 1 aromatic carbocycles. The van der Waals surface area contributed by atoms with E-state index in [0.29, 0.717) is 19.0 Å². The first kappa shape index (κ1) is 20.6. The molecule has 0 aliphatic carbocycles. The molecule has 0 aromatic heterocycles. The lowest BCUT2D eigenvalue weighted by Gasteiger charge is -2.28. The van der Waals surface area contributed by atoms with Crippen molar-refractivity contribution >= 4 is 11.9 Å². The Kier molecular flexibility index (Phi) is 7.54. The number of hydrogen-bond donors (Lipinski definition) is 2. The molecule has 1 rings (SSSR count). The third kappa shape index (κ3) is 5.55. The van der Waals surface area contributed by atoms with Gasteiger partial charge in [0.25, 0.3) is 0 Å². The molecule has 0 heterocycles. The second kappa shape index (κ2) is 9.15. The molecule has 0 spiro atoms. The Morgan fingerprint density at radius 3 is 2.48 bits per heavy atom. The molecule has 0 unspecified atom stereocenters. The van der Waals surface area contributed by atoms with E-state index in [1.165, 1.54) is 0 Å². The van der Waals surface area contributed by atoms with Gasteiger partial charge in [-0.25, -0.2) is 0 Å². The van der Waals surface area contributed by atoms with Gasteiger partial charge < -0.3 is 25.0 Å². The zero-order valence-corrected chi connectivity index (χ0v) is 16.3. The summed E-state index contributed by atoms with van der Waals surface area (Å²) in [6.45, 7) is 4.86. The minimum atomic E-state index is -0.538. The third-order valence-corrected chi connectivity index (χ3v) is 4.01. The third-order valence-electron chi connectivity index (χ3n) is 4.01. The van der Waals surface area contributed by atoms with E-state index in [0.717, 1.165) is 17.1 Å². The van der Waals surface area contributed by atoms with Gasteiger partial charge in [-0.2, -0.15) is 0 Å². The number of benzene rings is 1. The largest absolute Gasteiger partial charge is 0.497 e. The molecular weight excluding hydrogens is 320 g/mol. The van der Waals surface area contributed by atoms with Crippen molar-refractivity contribution in [2.24, 2.45) is 10.4 Å². The molecule has 0 aliphatic rings. The van der Waals surface area contributed by atoms with Crippen molar-refractivity contribution in [2.45, 2.75) is 20.4 Å². The number of amides is 1. The first-order valence-electron chi connectivity index (χ1n) is 8.14. The van der Waals surface area contributed by atoms with E-state index in [1.807, 2.05) is 44.0 Å². The Bertz CT molecular complexity index is 614. The van der Waals surface area contributed by atoms with Crippen LogP contribution in [0.3, 0.4) is 0 Å². The number of guanidine groups is 1. The van der Waals surface area contributed by atoms with Crippen molar-refractivity contribution in [3.8, 4) is 11.5 Å². The van der Waals surface area contributed by atoms with Gasteiger partial charge in [-0.15, -0.1) is 0 Å². The van der Waals surface area contributed by atoms with E-state index in [2.05, 4.69) is 15.6 Å². The number of hydrogen-bond acceptors (Lipinski definition) is 4. The quantitative estimate of drug-likeness (QED) is 0.576. The predicted molar refractivity (Wildman–Crippen MR) is 100 cm³/mol. The molecule has 7 nitrogen and oxygen atoms in total. The summed E-state index contributed by atoms with van der Waals surface area (Å²) in [5.74, 6) is 2.19. The standard InChI is InChI=1S/C18H30N4O3/c1-18(2,16(23)19-3)12-21-17(20-4)22(5)11-13-8-9-14(24-6)10-15(13)25-7/h8-10H,11-12H2,1-7H3,(H,19,23)(H,20,21). The maximum atomic E-state index is 11.9. The van der Waals surface area contributed by atoms with Gasteiger partial charge in [-0.3, -0.25) is 9.79 Å². The number of carbonyl (C=O) groups is 1. The number of rotatable bonds is 7. The molecule has 0 bridgehead atoms. The van der Waals surface area contributed by atoms with Crippen LogP contribution in [0.25, 0.3) is 0 Å². The van der Waals surface area contributed by atoms with Gasteiger partial charge in [0.1, 0.15) is 11.5 Å².